The topological polar surface area (TPSA) is 38.7 Å². The molecule has 0 amide bonds. The van der Waals surface area contributed by atoms with Gasteiger partial charge in [-0.3, -0.25) is 0 Å². The Bertz CT molecular complexity index is 667. The maximum absolute atomic E-state index is 9.65. The normalized spacial score (nSPS) is 26.7. The summed E-state index contributed by atoms with van der Waals surface area (Å²) in [6, 6.07) is 16.2. The average molecular weight is 296 g/mol. The zero-order valence-electron chi connectivity index (χ0n) is 12.4. The van der Waals surface area contributed by atoms with Gasteiger partial charge in [0.2, 0.25) is 0 Å². The van der Waals surface area contributed by atoms with Crippen LogP contribution in [0.4, 0.5) is 0 Å². The predicted molar refractivity (Wildman–Crippen MR) is 83.6 cm³/mol. The average Bonchev–Trinajstić information content (AvgIpc) is 2.61. The van der Waals surface area contributed by atoms with Crippen molar-refractivity contribution in [3.8, 4) is 5.75 Å². The van der Waals surface area contributed by atoms with Gasteiger partial charge in [-0.2, -0.15) is 0 Å². The second-order valence-corrected chi connectivity index (χ2v) is 6.03. The first kappa shape index (κ1) is 13.8. The maximum Gasteiger partial charge on any atom is 0.130 e. The molecule has 4 rings (SSSR count). The van der Waals surface area contributed by atoms with Gasteiger partial charge in [-0.1, -0.05) is 42.5 Å². The number of hydrogen-bond acceptors (Lipinski definition) is 3. The van der Waals surface area contributed by atoms with E-state index in [1.54, 1.807) is 0 Å². The van der Waals surface area contributed by atoms with E-state index in [4.69, 9.17) is 9.47 Å². The van der Waals surface area contributed by atoms with Crippen LogP contribution in [0.25, 0.3) is 0 Å². The Labute approximate surface area is 130 Å². The van der Waals surface area contributed by atoms with Crippen LogP contribution in [-0.2, 0) is 11.3 Å². The van der Waals surface area contributed by atoms with Crippen LogP contribution < -0.4 is 4.74 Å². The number of para-hydroxylation sites is 1. The summed E-state index contributed by atoms with van der Waals surface area (Å²) in [5.41, 5.74) is 3.18. The predicted octanol–water partition coefficient (Wildman–Crippen LogP) is 3.78. The van der Waals surface area contributed by atoms with E-state index in [9.17, 15) is 5.11 Å². The molecule has 2 aliphatic rings. The molecule has 2 aromatic carbocycles. The van der Waals surface area contributed by atoms with E-state index in [0.717, 1.165) is 41.9 Å². The van der Waals surface area contributed by atoms with Crippen molar-refractivity contribution < 1.29 is 14.6 Å². The highest BCUT2D eigenvalue weighted by atomic mass is 16.5. The highest BCUT2D eigenvalue weighted by Gasteiger charge is 2.41. The van der Waals surface area contributed by atoms with Crippen LogP contribution in [0.2, 0.25) is 0 Å². The molecule has 3 heteroatoms. The smallest absolute Gasteiger partial charge is 0.130 e. The highest BCUT2D eigenvalue weighted by Crippen LogP contribution is 2.50. The van der Waals surface area contributed by atoms with Crippen LogP contribution in [0.3, 0.4) is 0 Å². The number of ether oxygens (including phenoxy) is 2. The van der Waals surface area contributed by atoms with Crippen molar-refractivity contribution >= 4 is 0 Å². The molecule has 0 aliphatic carbocycles. The number of rotatable bonds is 2. The fourth-order valence-corrected chi connectivity index (χ4v) is 3.73. The number of aliphatic hydroxyl groups excluding tert-OH is 1. The van der Waals surface area contributed by atoms with Gasteiger partial charge in [-0.15, -0.1) is 0 Å². The highest BCUT2D eigenvalue weighted by molar-refractivity contribution is 5.41. The SMILES string of the molecule is OCc1ccccc1[C@@H]1Oc2ccccc2[C@@H]2OCCC[C@@H]12. The lowest BCUT2D eigenvalue weighted by Gasteiger charge is -2.42. The first-order chi connectivity index (χ1) is 10.9. The van der Waals surface area contributed by atoms with Crippen molar-refractivity contribution in [2.45, 2.75) is 31.7 Å². The molecule has 0 radical (unpaired) electrons. The molecule has 0 aromatic heterocycles. The molecule has 1 N–H and O–H groups in total. The zero-order chi connectivity index (χ0) is 14.9. The lowest BCUT2D eigenvalue weighted by Crippen LogP contribution is -2.35. The molecule has 0 unspecified atom stereocenters. The summed E-state index contributed by atoms with van der Waals surface area (Å²) < 4.78 is 12.4. The second-order valence-electron chi connectivity index (χ2n) is 6.03. The van der Waals surface area contributed by atoms with Gasteiger partial charge in [0.1, 0.15) is 11.9 Å². The molecular formula is C19H20O3. The molecule has 0 spiro atoms. The Kier molecular flexibility index (Phi) is 3.60. The molecule has 2 aromatic rings. The quantitative estimate of drug-likeness (QED) is 0.916. The molecule has 114 valence electrons. The van der Waals surface area contributed by atoms with Gasteiger partial charge < -0.3 is 14.6 Å². The van der Waals surface area contributed by atoms with E-state index in [1.807, 2.05) is 36.4 Å². The molecule has 3 atom stereocenters. The molecular weight excluding hydrogens is 276 g/mol. The van der Waals surface area contributed by atoms with Crippen molar-refractivity contribution in [2.75, 3.05) is 6.61 Å². The molecule has 3 nitrogen and oxygen atoms in total. The standard InChI is InChI=1S/C19H20O3/c20-12-13-6-1-2-7-14(13)19-16-9-5-11-21-18(16)15-8-3-4-10-17(15)22-19/h1-4,6-8,10,16,18-20H,5,9,11-12H2/t16-,18+,19+/m1/s1. The van der Waals surface area contributed by atoms with Crippen molar-refractivity contribution in [1.82, 2.24) is 0 Å². The summed E-state index contributed by atoms with van der Waals surface area (Å²) in [6.07, 6.45) is 2.19. The Balaban J connectivity index is 1.80. The second kappa shape index (κ2) is 5.75. The third-order valence-corrected chi connectivity index (χ3v) is 4.77. The third kappa shape index (κ3) is 2.21. The van der Waals surface area contributed by atoms with E-state index in [-0.39, 0.29) is 18.8 Å². The first-order valence-electron chi connectivity index (χ1n) is 7.94. The van der Waals surface area contributed by atoms with E-state index >= 15 is 0 Å². The van der Waals surface area contributed by atoms with E-state index < -0.39 is 0 Å². The van der Waals surface area contributed by atoms with Gasteiger partial charge in [-0.05, 0) is 30.0 Å². The van der Waals surface area contributed by atoms with Crippen LogP contribution in [0, 0.1) is 5.92 Å². The van der Waals surface area contributed by atoms with E-state index in [1.165, 1.54) is 0 Å². The van der Waals surface area contributed by atoms with E-state index in [0.29, 0.717) is 5.92 Å². The Morgan fingerprint density at radius 3 is 2.59 bits per heavy atom. The lowest BCUT2D eigenvalue weighted by molar-refractivity contribution is -0.0853. The van der Waals surface area contributed by atoms with Gasteiger partial charge in [-0.25, -0.2) is 0 Å². The summed E-state index contributed by atoms with van der Waals surface area (Å²) in [4.78, 5) is 0. The summed E-state index contributed by atoms with van der Waals surface area (Å²) in [6.45, 7) is 0.847. The summed E-state index contributed by atoms with van der Waals surface area (Å²) in [5.74, 6) is 1.21. The van der Waals surface area contributed by atoms with Gasteiger partial charge in [0.15, 0.2) is 0 Å². The van der Waals surface area contributed by atoms with Crippen LogP contribution in [-0.4, -0.2) is 11.7 Å². The molecule has 2 heterocycles. The summed E-state index contributed by atoms with van der Waals surface area (Å²) in [7, 11) is 0. The zero-order valence-corrected chi connectivity index (χ0v) is 12.4. The molecule has 1 saturated heterocycles. The van der Waals surface area contributed by atoms with Crippen LogP contribution in [0.1, 0.15) is 41.7 Å². The first-order valence-corrected chi connectivity index (χ1v) is 7.94. The van der Waals surface area contributed by atoms with E-state index in [2.05, 4.69) is 12.1 Å². The summed E-state index contributed by atoms with van der Waals surface area (Å²) >= 11 is 0. The van der Waals surface area contributed by atoms with Gasteiger partial charge in [0.25, 0.3) is 0 Å². The molecule has 22 heavy (non-hydrogen) atoms. The van der Waals surface area contributed by atoms with Crippen molar-refractivity contribution in [1.29, 1.82) is 0 Å². The Morgan fingerprint density at radius 1 is 0.955 bits per heavy atom. The Hall–Kier alpha value is -1.84. The largest absolute Gasteiger partial charge is 0.485 e. The van der Waals surface area contributed by atoms with Gasteiger partial charge in [0.05, 0.1) is 12.7 Å². The third-order valence-electron chi connectivity index (χ3n) is 4.77. The number of fused-ring (bicyclic) bond motifs is 3. The minimum atomic E-state index is -0.0523. The van der Waals surface area contributed by atoms with Crippen LogP contribution in [0.15, 0.2) is 48.5 Å². The number of benzene rings is 2. The molecule has 1 fully saturated rings. The summed E-state index contributed by atoms with van der Waals surface area (Å²) in [5, 5.41) is 9.65. The van der Waals surface area contributed by atoms with Gasteiger partial charge >= 0.3 is 0 Å². The fourth-order valence-electron chi connectivity index (χ4n) is 3.73. The lowest BCUT2D eigenvalue weighted by atomic mass is 9.79. The van der Waals surface area contributed by atoms with Crippen LogP contribution in [0.5, 0.6) is 5.75 Å². The molecule has 0 saturated carbocycles. The fraction of sp³-hybridized carbons (Fsp3) is 0.368. The van der Waals surface area contributed by atoms with Crippen LogP contribution >= 0.6 is 0 Å². The van der Waals surface area contributed by atoms with Crippen molar-refractivity contribution in [2.24, 2.45) is 5.92 Å². The van der Waals surface area contributed by atoms with Crippen molar-refractivity contribution in [3.05, 3.63) is 65.2 Å². The van der Waals surface area contributed by atoms with Gasteiger partial charge in [0, 0.05) is 18.1 Å². The maximum atomic E-state index is 9.65. The van der Waals surface area contributed by atoms with Crippen molar-refractivity contribution in [3.63, 3.8) is 0 Å². The number of hydrogen-bond donors (Lipinski definition) is 1. The minimum absolute atomic E-state index is 0.0376. The molecule has 2 aliphatic heterocycles. The number of aliphatic hydroxyl groups is 1. The molecule has 0 bridgehead atoms. The monoisotopic (exact) mass is 296 g/mol. The minimum Gasteiger partial charge on any atom is -0.485 e. The Morgan fingerprint density at radius 2 is 1.73 bits per heavy atom.